The van der Waals surface area contributed by atoms with Gasteiger partial charge in [0.1, 0.15) is 0 Å². The highest BCUT2D eigenvalue weighted by molar-refractivity contribution is 6.04. The molecule has 0 radical (unpaired) electrons. The average Bonchev–Trinajstić information content (AvgIpc) is 3.25. The Kier molecular flexibility index (Phi) is 3.96. The second-order valence-corrected chi connectivity index (χ2v) is 5.88. The van der Waals surface area contributed by atoms with Crippen LogP contribution in [0.15, 0.2) is 51.5 Å². The molecule has 0 aliphatic carbocycles. The fraction of sp³-hybridized carbons (Fsp3) is 0.158. The molecular formula is C19H15N3O4. The minimum Gasteiger partial charge on any atom is -0.454 e. The standard InChI is InChI=1S/C19H15N3O4/c1-11-8-14(25-21-11)10-24-19(23)15-9-16(13-6-4-3-5-7-13)20-18-17(15)12(2)22-26-18/h3-9H,10H2,1-2H3. The second-order valence-electron chi connectivity index (χ2n) is 5.88. The molecule has 3 aromatic heterocycles. The fourth-order valence-corrected chi connectivity index (χ4v) is 2.71. The van der Waals surface area contributed by atoms with Crippen LogP contribution >= 0.6 is 0 Å². The largest absolute Gasteiger partial charge is 0.454 e. The molecule has 1 aromatic carbocycles. The van der Waals surface area contributed by atoms with E-state index in [4.69, 9.17) is 13.8 Å². The summed E-state index contributed by atoms with van der Waals surface area (Å²) in [6, 6.07) is 12.9. The van der Waals surface area contributed by atoms with Gasteiger partial charge in [-0.15, -0.1) is 0 Å². The fourth-order valence-electron chi connectivity index (χ4n) is 2.71. The Morgan fingerprint density at radius 1 is 1.08 bits per heavy atom. The van der Waals surface area contributed by atoms with E-state index in [1.807, 2.05) is 30.3 Å². The lowest BCUT2D eigenvalue weighted by Gasteiger charge is -2.06. The summed E-state index contributed by atoms with van der Waals surface area (Å²) in [5.74, 6) is -0.0265. The maximum atomic E-state index is 12.7. The molecule has 0 saturated carbocycles. The molecule has 130 valence electrons. The molecule has 0 saturated heterocycles. The van der Waals surface area contributed by atoms with Crippen molar-refractivity contribution in [2.45, 2.75) is 20.5 Å². The number of benzene rings is 1. The summed E-state index contributed by atoms with van der Waals surface area (Å²) < 4.78 is 15.7. The summed E-state index contributed by atoms with van der Waals surface area (Å²) in [6.45, 7) is 3.55. The van der Waals surface area contributed by atoms with E-state index in [2.05, 4.69) is 15.3 Å². The SMILES string of the molecule is Cc1cc(COC(=O)c2cc(-c3ccccc3)nc3onc(C)c23)on1. The topological polar surface area (TPSA) is 91.2 Å². The molecule has 26 heavy (non-hydrogen) atoms. The average molecular weight is 349 g/mol. The number of esters is 1. The molecule has 0 aliphatic heterocycles. The number of carbonyl (C=O) groups excluding carboxylic acids is 1. The molecule has 0 fully saturated rings. The van der Waals surface area contributed by atoms with E-state index >= 15 is 0 Å². The van der Waals surface area contributed by atoms with Crippen molar-refractivity contribution in [3.05, 3.63) is 65.2 Å². The predicted molar refractivity (Wildman–Crippen MR) is 92.3 cm³/mol. The minimum atomic E-state index is -0.505. The first kappa shape index (κ1) is 16.0. The van der Waals surface area contributed by atoms with Crippen molar-refractivity contribution in [3.63, 3.8) is 0 Å². The smallest absolute Gasteiger partial charge is 0.339 e. The van der Waals surface area contributed by atoms with Crippen LogP contribution in [0.4, 0.5) is 0 Å². The maximum Gasteiger partial charge on any atom is 0.339 e. The van der Waals surface area contributed by atoms with Crippen LogP contribution in [0.1, 0.15) is 27.5 Å². The summed E-state index contributed by atoms with van der Waals surface area (Å²) in [6.07, 6.45) is 0. The normalized spacial score (nSPS) is 11.0. The van der Waals surface area contributed by atoms with Crippen LogP contribution < -0.4 is 0 Å². The van der Waals surface area contributed by atoms with Crippen LogP contribution in [0.25, 0.3) is 22.4 Å². The van der Waals surface area contributed by atoms with Crippen LogP contribution in [-0.4, -0.2) is 21.3 Å². The van der Waals surface area contributed by atoms with Gasteiger partial charge in [0.05, 0.1) is 28.0 Å². The lowest BCUT2D eigenvalue weighted by atomic mass is 10.1. The number of fused-ring (bicyclic) bond motifs is 1. The zero-order chi connectivity index (χ0) is 18.1. The van der Waals surface area contributed by atoms with E-state index in [0.717, 1.165) is 11.3 Å². The number of aromatic nitrogens is 3. The van der Waals surface area contributed by atoms with E-state index in [-0.39, 0.29) is 6.61 Å². The number of pyridine rings is 1. The molecule has 0 N–H and O–H groups in total. The Balaban J connectivity index is 1.72. The Hall–Kier alpha value is -3.48. The van der Waals surface area contributed by atoms with Crippen LogP contribution in [0.5, 0.6) is 0 Å². The van der Waals surface area contributed by atoms with Gasteiger partial charge in [-0.1, -0.05) is 40.6 Å². The Bertz CT molecular complexity index is 1080. The van der Waals surface area contributed by atoms with Gasteiger partial charge in [0, 0.05) is 11.6 Å². The first-order valence-corrected chi connectivity index (χ1v) is 8.03. The summed E-state index contributed by atoms with van der Waals surface area (Å²) in [4.78, 5) is 17.2. The van der Waals surface area contributed by atoms with E-state index in [1.54, 1.807) is 26.0 Å². The number of rotatable bonds is 4. The molecule has 0 atom stereocenters. The number of nitrogens with zero attached hydrogens (tertiary/aromatic N) is 3. The first-order chi connectivity index (χ1) is 12.6. The number of ether oxygens (including phenoxy) is 1. The van der Waals surface area contributed by atoms with Crippen LogP contribution in [0.3, 0.4) is 0 Å². The third-order valence-electron chi connectivity index (χ3n) is 3.93. The molecule has 0 spiro atoms. The minimum absolute atomic E-state index is 0.00547. The Morgan fingerprint density at radius 2 is 1.88 bits per heavy atom. The summed E-state index contributed by atoms with van der Waals surface area (Å²) >= 11 is 0. The summed E-state index contributed by atoms with van der Waals surface area (Å²) in [5.41, 5.74) is 3.42. The molecule has 4 aromatic rings. The van der Waals surface area contributed by atoms with Crippen molar-refractivity contribution < 1.29 is 18.6 Å². The van der Waals surface area contributed by atoms with Gasteiger partial charge in [0.15, 0.2) is 12.4 Å². The van der Waals surface area contributed by atoms with E-state index in [9.17, 15) is 4.79 Å². The van der Waals surface area contributed by atoms with Crippen LogP contribution in [0, 0.1) is 13.8 Å². The molecule has 7 nitrogen and oxygen atoms in total. The third kappa shape index (κ3) is 2.95. The van der Waals surface area contributed by atoms with Crippen molar-refractivity contribution in [2.75, 3.05) is 0 Å². The van der Waals surface area contributed by atoms with Crippen LogP contribution in [-0.2, 0) is 11.3 Å². The Morgan fingerprint density at radius 3 is 2.62 bits per heavy atom. The highest BCUT2D eigenvalue weighted by Crippen LogP contribution is 2.27. The van der Waals surface area contributed by atoms with Gasteiger partial charge in [-0.3, -0.25) is 0 Å². The number of hydrogen-bond donors (Lipinski definition) is 0. The molecule has 7 heteroatoms. The monoisotopic (exact) mass is 349 g/mol. The van der Waals surface area contributed by atoms with Gasteiger partial charge in [0.2, 0.25) is 0 Å². The van der Waals surface area contributed by atoms with Gasteiger partial charge in [-0.2, -0.15) is 0 Å². The highest BCUT2D eigenvalue weighted by Gasteiger charge is 2.21. The predicted octanol–water partition coefficient (Wildman–Crippen LogP) is 3.85. The lowest BCUT2D eigenvalue weighted by Crippen LogP contribution is -2.07. The molecule has 0 amide bonds. The zero-order valence-corrected chi connectivity index (χ0v) is 14.2. The molecule has 0 bridgehead atoms. The second kappa shape index (κ2) is 6.44. The van der Waals surface area contributed by atoms with Gasteiger partial charge < -0.3 is 13.8 Å². The van der Waals surface area contributed by atoms with Crippen molar-refractivity contribution in [1.82, 2.24) is 15.3 Å². The van der Waals surface area contributed by atoms with E-state index in [0.29, 0.717) is 33.8 Å². The molecule has 0 aliphatic rings. The van der Waals surface area contributed by atoms with Crippen molar-refractivity contribution >= 4 is 17.1 Å². The van der Waals surface area contributed by atoms with Gasteiger partial charge in [0.25, 0.3) is 5.71 Å². The van der Waals surface area contributed by atoms with Gasteiger partial charge >= 0.3 is 5.97 Å². The zero-order valence-electron chi connectivity index (χ0n) is 14.2. The van der Waals surface area contributed by atoms with Crippen molar-refractivity contribution in [3.8, 4) is 11.3 Å². The van der Waals surface area contributed by atoms with E-state index in [1.165, 1.54) is 0 Å². The van der Waals surface area contributed by atoms with Crippen molar-refractivity contribution in [2.24, 2.45) is 0 Å². The first-order valence-electron chi connectivity index (χ1n) is 8.03. The van der Waals surface area contributed by atoms with Gasteiger partial charge in [-0.05, 0) is 19.9 Å². The molecule has 4 rings (SSSR count). The van der Waals surface area contributed by atoms with E-state index < -0.39 is 5.97 Å². The number of carbonyl (C=O) groups is 1. The van der Waals surface area contributed by atoms with Crippen LogP contribution in [0.2, 0.25) is 0 Å². The van der Waals surface area contributed by atoms with Crippen molar-refractivity contribution in [1.29, 1.82) is 0 Å². The summed E-state index contributed by atoms with van der Waals surface area (Å²) in [5, 5.41) is 8.24. The summed E-state index contributed by atoms with van der Waals surface area (Å²) in [7, 11) is 0. The van der Waals surface area contributed by atoms with Gasteiger partial charge in [-0.25, -0.2) is 9.78 Å². The quantitative estimate of drug-likeness (QED) is 0.517. The maximum absolute atomic E-state index is 12.7. The Labute approximate surface area is 148 Å². The molecule has 3 heterocycles. The number of hydrogen-bond acceptors (Lipinski definition) is 7. The molecular weight excluding hydrogens is 334 g/mol. The molecule has 0 unspecified atom stereocenters. The highest BCUT2D eigenvalue weighted by atomic mass is 16.5. The number of aryl methyl sites for hydroxylation is 2. The lowest BCUT2D eigenvalue weighted by molar-refractivity contribution is 0.0439. The third-order valence-corrected chi connectivity index (χ3v) is 3.93.